The molecule has 2 fully saturated rings. The minimum absolute atomic E-state index is 0.318. The van der Waals surface area contributed by atoms with E-state index in [1.807, 2.05) is 0 Å². The van der Waals surface area contributed by atoms with Crippen molar-refractivity contribution in [3.05, 3.63) is 52.2 Å². The van der Waals surface area contributed by atoms with Gasteiger partial charge in [-0.1, -0.05) is 26.4 Å². The van der Waals surface area contributed by atoms with E-state index in [2.05, 4.69) is 83.8 Å². The van der Waals surface area contributed by atoms with E-state index in [0.717, 1.165) is 62.9 Å². The highest BCUT2D eigenvalue weighted by atomic mass is 35.5. The summed E-state index contributed by atoms with van der Waals surface area (Å²) in [6, 6.07) is 9.43. The summed E-state index contributed by atoms with van der Waals surface area (Å²) in [7, 11) is 1.40. The van der Waals surface area contributed by atoms with Crippen LogP contribution in [0.2, 0.25) is 5.02 Å². The maximum atomic E-state index is 6.58. The largest absolute Gasteiger partial charge is 0.494 e. The Bertz CT molecular complexity index is 1390. The number of ether oxygens (including phenoxy) is 2. The Morgan fingerprint density at radius 3 is 2.38 bits per heavy atom. The van der Waals surface area contributed by atoms with Gasteiger partial charge in [0.1, 0.15) is 10.8 Å². The minimum atomic E-state index is -0.318. The maximum Gasteiger partial charge on any atom is 0.229 e. The van der Waals surface area contributed by atoms with Gasteiger partial charge in [0.05, 0.1) is 32.2 Å². The Morgan fingerprint density at radius 1 is 1.00 bits per heavy atom. The standard InChI is InChI=1S/C32H44ClN6O2P/c1-7-23-18-26(29(40-4)19-28(23)39-10-8-24(9-11-39)38-12-14-41-15-13-38)36-32-34-20-25(33)31(37-32)35-27-16-21(2)22(3)17-30(27)42(5)6/h16-20,24H,7-15H2,1-6H3,(H2,34,35,36,37). The second-order valence-electron chi connectivity index (χ2n) is 11.4. The summed E-state index contributed by atoms with van der Waals surface area (Å²) in [6.07, 6.45) is 4.89. The molecule has 0 amide bonds. The van der Waals surface area contributed by atoms with Crippen LogP contribution in [0.15, 0.2) is 30.5 Å². The molecule has 42 heavy (non-hydrogen) atoms. The molecule has 226 valence electrons. The molecule has 2 N–H and O–H groups in total. The number of hydrogen-bond donors (Lipinski definition) is 2. The predicted octanol–water partition coefficient (Wildman–Crippen LogP) is 6.47. The molecule has 0 unspecified atom stereocenters. The fraction of sp³-hybridized carbons (Fsp3) is 0.500. The molecule has 2 saturated heterocycles. The summed E-state index contributed by atoms with van der Waals surface area (Å²) in [5.74, 6) is 1.80. The Kier molecular flexibility index (Phi) is 10.1. The van der Waals surface area contributed by atoms with Gasteiger partial charge in [0.2, 0.25) is 5.95 Å². The number of halogens is 1. The van der Waals surface area contributed by atoms with Gasteiger partial charge in [-0.15, -0.1) is 0 Å². The van der Waals surface area contributed by atoms with Crippen molar-refractivity contribution in [2.24, 2.45) is 0 Å². The Labute approximate surface area is 256 Å². The van der Waals surface area contributed by atoms with Gasteiger partial charge in [0.15, 0.2) is 5.82 Å². The first kappa shape index (κ1) is 30.8. The third-order valence-corrected chi connectivity index (χ3v) is 10.1. The first-order valence-corrected chi connectivity index (χ1v) is 17.5. The quantitative estimate of drug-likeness (QED) is 0.267. The van der Waals surface area contributed by atoms with Crippen molar-refractivity contribution in [2.75, 3.05) is 75.4 Å². The molecule has 2 aliphatic heterocycles. The average Bonchev–Trinajstić information content (AvgIpc) is 3.00. The van der Waals surface area contributed by atoms with Gasteiger partial charge in [0.25, 0.3) is 0 Å². The van der Waals surface area contributed by atoms with Crippen LogP contribution < -0.4 is 25.6 Å². The monoisotopic (exact) mass is 610 g/mol. The lowest BCUT2D eigenvalue weighted by Crippen LogP contribution is -2.49. The molecule has 1 aromatic heterocycles. The van der Waals surface area contributed by atoms with Gasteiger partial charge in [-0.2, -0.15) is 4.98 Å². The first-order valence-electron chi connectivity index (χ1n) is 14.9. The molecule has 0 atom stereocenters. The van der Waals surface area contributed by atoms with Crippen LogP contribution in [0.25, 0.3) is 0 Å². The summed E-state index contributed by atoms with van der Waals surface area (Å²) in [5, 5.41) is 8.66. The first-order chi connectivity index (χ1) is 20.3. The highest BCUT2D eigenvalue weighted by Crippen LogP contribution is 2.38. The van der Waals surface area contributed by atoms with E-state index in [1.54, 1.807) is 13.3 Å². The van der Waals surface area contributed by atoms with Crippen molar-refractivity contribution in [3.8, 4) is 5.75 Å². The van der Waals surface area contributed by atoms with Gasteiger partial charge in [-0.05, 0) is 86.6 Å². The van der Waals surface area contributed by atoms with Crippen LogP contribution in [0.4, 0.5) is 28.8 Å². The van der Waals surface area contributed by atoms with Gasteiger partial charge >= 0.3 is 0 Å². The molecule has 0 radical (unpaired) electrons. The molecule has 0 spiro atoms. The number of nitrogens with one attached hydrogen (secondary N) is 2. The van der Waals surface area contributed by atoms with E-state index < -0.39 is 0 Å². The number of methoxy groups -OCH3 is 1. The van der Waals surface area contributed by atoms with Gasteiger partial charge in [-0.3, -0.25) is 4.90 Å². The van der Waals surface area contributed by atoms with E-state index in [0.29, 0.717) is 22.8 Å². The number of benzene rings is 2. The zero-order valence-electron chi connectivity index (χ0n) is 25.8. The number of hydrogen-bond acceptors (Lipinski definition) is 8. The lowest BCUT2D eigenvalue weighted by molar-refractivity contribution is 0.0115. The molecule has 5 rings (SSSR count). The van der Waals surface area contributed by atoms with Crippen LogP contribution in [-0.4, -0.2) is 80.7 Å². The molecular weight excluding hydrogens is 567 g/mol. The number of anilines is 5. The van der Waals surface area contributed by atoms with E-state index in [1.165, 1.54) is 40.5 Å². The molecule has 3 heterocycles. The second-order valence-corrected chi connectivity index (χ2v) is 14.1. The SMILES string of the molecule is CCc1cc(Nc2ncc(Cl)c(Nc3cc(C)c(C)cc3P(C)C)n2)c(OC)cc1N1CCC(N2CCOCC2)CC1. The van der Waals surface area contributed by atoms with E-state index >= 15 is 0 Å². The lowest BCUT2D eigenvalue weighted by Gasteiger charge is -2.41. The number of aryl methyl sites for hydroxylation is 3. The summed E-state index contributed by atoms with van der Waals surface area (Å²) in [4.78, 5) is 14.4. The summed E-state index contributed by atoms with van der Waals surface area (Å²) < 4.78 is 11.4. The van der Waals surface area contributed by atoms with Crippen LogP contribution in [0.1, 0.15) is 36.5 Å². The van der Waals surface area contributed by atoms with Crippen molar-refractivity contribution >= 4 is 53.7 Å². The fourth-order valence-corrected chi connectivity index (χ4v) is 7.10. The van der Waals surface area contributed by atoms with Crippen molar-refractivity contribution in [2.45, 2.75) is 46.1 Å². The number of morpholine rings is 1. The van der Waals surface area contributed by atoms with E-state index in [-0.39, 0.29) is 7.92 Å². The number of aromatic nitrogens is 2. The molecule has 10 heteroatoms. The topological polar surface area (TPSA) is 74.8 Å². The number of nitrogens with zero attached hydrogens (tertiary/aromatic N) is 4. The third-order valence-electron chi connectivity index (χ3n) is 8.49. The molecule has 2 aromatic carbocycles. The lowest BCUT2D eigenvalue weighted by atomic mass is 10.00. The second kappa shape index (κ2) is 13.8. The summed E-state index contributed by atoms with van der Waals surface area (Å²) in [5.41, 5.74) is 6.91. The fourth-order valence-electron chi connectivity index (χ4n) is 5.91. The summed E-state index contributed by atoms with van der Waals surface area (Å²) in [6.45, 7) is 16.9. The van der Waals surface area contributed by atoms with Crippen LogP contribution in [0.3, 0.4) is 0 Å². The van der Waals surface area contributed by atoms with Crippen LogP contribution in [0.5, 0.6) is 5.75 Å². The van der Waals surface area contributed by atoms with Crippen molar-refractivity contribution in [1.29, 1.82) is 0 Å². The summed E-state index contributed by atoms with van der Waals surface area (Å²) >= 11 is 6.58. The molecular formula is C32H44ClN6O2P. The number of piperidine rings is 1. The highest BCUT2D eigenvalue weighted by Gasteiger charge is 2.27. The third kappa shape index (κ3) is 6.94. The van der Waals surface area contributed by atoms with Crippen LogP contribution in [0, 0.1) is 13.8 Å². The Hall–Kier alpha value is -2.64. The van der Waals surface area contributed by atoms with Gasteiger partial charge < -0.3 is 25.0 Å². The molecule has 0 bridgehead atoms. The van der Waals surface area contributed by atoms with Crippen molar-refractivity contribution in [1.82, 2.24) is 14.9 Å². The van der Waals surface area contributed by atoms with E-state index in [9.17, 15) is 0 Å². The zero-order valence-corrected chi connectivity index (χ0v) is 27.4. The Morgan fingerprint density at radius 2 is 1.71 bits per heavy atom. The highest BCUT2D eigenvalue weighted by molar-refractivity contribution is 7.64. The van der Waals surface area contributed by atoms with Gasteiger partial charge in [-0.25, -0.2) is 4.98 Å². The minimum Gasteiger partial charge on any atom is -0.494 e. The molecule has 0 aliphatic carbocycles. The molecule has 2 aliphatic rings. The smallest absolute Gasteiger partial charge is 0.229 e. The maximum absolute atomic E-state index is 6.58. The Balaban J connectivity index is 1.35. The van der Waals surface area contributed by atoms with Crippen molar-refractivity contribution in [3.63, 3.8) is 0 Å². The van der Waals surface area contributed by atoms with E-state index in [4.69, 9.17) is 26.1 Å². The van der Waals surface area contributed by atoms with Crippen LogP contribution in [-0.2, 0) is 11.2 Å². The van der Waals surface area contributed by atoms with Gasteiger partial charge in [0, 0.05) is 49.7 Å². The predicted molar refractivity (Wildman–Crippen MR) is 178 cm³/mol. The molecule has 3 aromatic rings. The normalized spacial score (nSPS) is 16.6. The zero-order chi connectivity index (χ0) is 29.8. The van der Waals surface area contributed by atoms with Crippen LogP contribution >= 0.6 is 19.5 Å². The molecule has 8 nitrogen and oxygen atoms in total. The average molecular weight is 611 g/mol. The van der Waals surface area contributed by atoms with Crippen molar-refractivity contribution < 1.29 is 9.47 Å². The number of rotatable bonds is 9. The molecule has 0 saturated carbocycles.